The Kier molecular flexibility index (Phi) is 4.65. The number of rotatable bonds is 2. The van der Waals surface area contributed by atoms with Gasteiger partial charge in [-0.1, -0.05) is 77.9 Å². The van der Waals surface area contributed by atoms with Crippen molar-refractivity contribution in [3.8, 4) is 11.1 Å². The summed E-state index contributed by atoms with van der Waals surface area (Å²) in [4.78, 5) is 12.1. The number of carbonyl (C=O) groups excluding carboxylic acids is 1. The van der Waals surface area contributed by atoms with Crippen LogP contribution in [0.4, 0.5) is 5.95 Å². The Morgan fingerprint density at radius 3 is 2.63 bits per heavy atom. The number of aryl methyl sites for hydroxylation is 2. The largest absolute Gasteiger partial charge is 0.326 e. The Labute approximate surface area is 220 Å². The first-order valence-electron chi connectivity index (χ1n) is 13.3. The quantitative estimate of drug-likeness (QED) is 0.329. The van der Waals surface area contributed by atoms with Gasteiger partial charge in [-0.25, -0.2) is 0 Å². The maximum absolute atomic E-state index is 12.1. The van der Waals surface area contributed by atoms with Gasteiger partial charge in [-0.2, -0.15) is 4.68 Å². The minimum absolute atomic E-state index is 0.141. The van der Waals surface area contributed by atoms with Gasteiger partial charge in [0.25, 0.3) is 0 Å². The number of carbonyl (C=O) groups is 1. The lowest BCUT2D eigenvalue weighted by Crippen LogP contribution is -2.27. The van der Waals surface area contributed by atoms with Crippen molar-refractivity contribution in [1.29, 1.82) is 0 Å². The molecular weight excluding hydrogens is 470 g/mol. The minimum atomic E-state index is -0.141. The fourth-order valence-electron chi connectivity index (χ4n) is 6.50. The predicted molar refractivity (Wildman–Crippen MR) is 148 cm³/mol. The van der Waals surface area contributed by atoms with Crippen molar-refractivity contribution < 1.29 is 4.79 Å². The van der Waals surface area contributed by atoms with E-state index < -0.39 is 0 Å². The van der Waals surface area contributed by atoms with Crippen molar-refractivity contribution in [2.75, 3.05) is 5.32 Å². The molecule has 4 aromatic carbocycles. The molecule has 2 aliphatic carbocycles. The van der Waals surface area contributed by atoms with Crippen molar-refractivity contribution >= 4 is 28.1 Å². The van der Waals surface area contributed by atoms with Gasteiger partial charge in [0.1, 0.15) is 11.8 Å². The van der Waals surface area contributed by atoms with Gasteiger partial charge >= 0.3 is 0 Å². The molecule has 0 fully saturated rings. The van der Waals surface area contributed by atoms with E-state index >= 15 is 0 Å². The Morgan fingerprint density at radius 2 is 1.66 bits per heavy atom. The zero-order valence-electron chi connectivity index (χ0n) is 20.8. The van der Waals surface area contributed by atoms with Crippen molar-refractivity contribution in [2.45, 2.75) is 38.1 Å². The molecular formula is C32H25N5O. The SMILES string of the molecule is O=C1CCc2ccc(-c3ccc4cccc(C5C6=C(CCc7ccccc76)Nc6nnnn65)c4c3)cc2C1. The van der Waals surface area contributed by atoms with Gasteiger partial charge in [0.15, 0.2) is 0 Å². The van der Waals surface area contributed by atoms with Gasteiger partial charge in [0.2, 0.25) is 5.95 Å². The molecule has 0 spiro atoms. The predicted octanol–water partition coefficient (Wildman–Crippen LogP) is 5.92. The summed E-state index contributed by atoms with van der Waals surface area (Å²) in [7, 11) is 0. The van der Waals surface area contributed by atoms with Crippen LogP contribution in [0, 0.1) is 0 Å². The molecule has 8 rings (SSSR count). The molecule has 0 saturated carbocycles. The van der Waals surface area contributed by atoms with Crippen LogP contribution >= 0.6 is 0 Å². The molecule has 3 aliphatic rings. The molecule has 0 radical (unpaired) electrons. The molecule has 1 aliphatic heterocycles. The van der Waals surface area contributed by atoms with Crippen molar-refractivity contribution in [3.63, 3.8) is 0 Å². The third-order valence-corrected chi connectivity index (χ3v) is 8.36. The van der Waals surface area contributed by atoms with Crippen LogP contribution in [0.5, 0.6) is 0 Å². The summed E-state index contributed by atoms with van der Waals surface area (Å²) in [5.41, 5.74) is 11.0. The number of fused-ring (bicyclic) bond motifs is 5. The highest BCUT2D eigenvalue weighted by Gasteiger charge is 2.35. The van der Waals surface area contributed by atoms with Gasteiger partial charge in [-0.05, 0) is 85.5 Å². The molecule has 0 amide bonds. The summed E-state index contributed by atoms with van der Waals surface area (Å²) in [5, 5.41) is 18.7. The Balaban J connectivity index is 1.32. The molecule has 0 saturated heterocycles. The first-order chi connectivity index (χ1) is 18.7. The fraction of sp³-hybridized carbons (Fsp3) is 0.188. The van der Waals surface area contributed by atoms with E-state index in [0.29, 0.717) is 24.6 Å². The van der Waals surface area contributed by atoms with E-state index in [9.17, 15) is 4.79 Å². The van der Waals surface area contributed by atoms with Gasteiger partial charge in [0.05, 0.1) is 0 Å². The third kappa shape index (κ3) is 3.26. The van der Waals surface area contributed by atoms with E-state index in [2.05, 4.69) is 99.7 Å². The lowest BCUT2D eigenvalue weighted by Gasteiger charge is -2.34. The number of anilines is 1. The van der Waals surface area contributed by atoms with Crippen molar-refractivity contribution in [2.24, 2.45) is 0 Å². The first-order valence-corrected chi connectivity index (χ1v) is 13.3. The zero-order valence-corrected chi connectivity index (χ0v) is 20.8. The highest BCUT2D eigenvalue weighted by molar-refractivity contribution is 5.94. The zero-order chi connectivity index (χ0) is 25.2. The fourth-order valence-corrected chi connectivity index (χ4v) is 6.50. The van der Waals surface area contributed by atoms with Crippen LogP contribution in [-0.4, -0.2) is 26.0 Å². The lowest BCUT2D eigenvalue weighted by atomic mass is 9.80. The number of ketones is 1. The maximum atomic E-state index is 12.1. The average molecular weight is 496 g/mol. The van der Waals surface area contributed by atoms with E-state index in [1.165, 1.54) is 44.3 Å². The standard InChI is InChI=1S/C32H25N5O/c38-25-14-12-19-8-10-22(16-24(19)17-25)23-11-9-21-5-3-7-27(28(21)18-23)31-30-26-6-2-1-4-20(26)13-15-29(30)33-32-34-35-36-37(31)32/h1-11,16,18,31H,12-15,17H2,(H,33,34,36). The number of allylic oxidation sites excluding steroid dienone is 2. The Hall–Kier alpha value is -4.58. The first kappa shape index (κ1) is 21.5. The van der Waals surface area contributed by atoms with Gasteiger partial charge in [-0.3, -0.25) is 4.79 Å². The van der Waals surface area contributed by atoms with Crippen LogP contribution in [0.3, 0.4) is 0 Å². The Morgan fingerprint density at radius 1 is 0.789 bits per heavy atom. The number of nitrogens with zero attached hydrogens (tertiary/aromatic N) is 4. The molecule has 1 atom stereocenters. The minimum Gasteiger partial charge on any atom is -0.326 e. The lowest BCUT2D eigenvalue weighted by molar-refractivity contribution is -0.118. The molecule has 1 N–H and O–H groups in total. The van der Waals surface area contributed by atoms with Crippen LogP contribution in [0.25, 0.3) is 27.5 Å². The van der Waals surface area contributed by atoms with Crippen molar-refractivity contribution in [3.05, 3.63) is 112 Å². The number of nitrogens with one attached hydrogen (secondary N) is 1. The number of benzene rings is 4. The summed E-state index contributed by atoms with van der Waals surface area (Å²) in [5.74, 6) is 1.01. The van der Waals surface area contributed by atoms with Crippen LogP contribution in [0.2, 0.25) is 0 Å². The second-order valence-electron chi connectivity index (χ2n) is 10.5. The summed E-state index contributed by atoms with van der Waals surface area (Å²) in [6.45, 7) is 0. The second kappa shape index (κ2) is 8.21. The maximum Gasteiger partial charge on any atom is 0.248 e. The van der Waals surface area contributed by atoms with E-state index in [1.54, 1.807) is 0 Å². The van der Waals surface area contributed by atoms with Gasteiger partial charge in [-0.15, -0.1) is 0 Å². The topological polar surface area (TPSA) is 72.7 Å². The smallest absolute Gasteiger partial charge is 0.248 e. The summed E-state index contributed by atoms with van der Waals surface area (Å²) >= 11 is 0. The van der Waals surface area contributed by atoms with E-state index in [-0.39, 0.29) is 6.04 Å². The molecule has 0 bridgehead atoms. The Bertz CT molecular complexity index is 1810. The number of Topliss-reactive ketones (excluding diaryl/α,β-unsaturated/α-hetero) is 1. The molecule has 1 unspecified atom stereocenters. The van der Waals surface area contributed by atoms with Gasteiger partial charge < -0.3 is 5.32 Å². The molecule has 5 aromatic rings. The molecule has 38 heavy (non-hydrogen) atoms. The third-order valence-electron chi connectivity index (χ3n) is 8.36. The summed E-state index contributed by atoms with van der Waals surface area (Å²) in [6, 6.07) is 28.3. The summed E-state index contributed by atoms with van der Waals surface area (Å²) < 4.78 is 1.92. The summed E-state index contributed by atoms with van der Waals surface area (Å²) in [6.07, 6.45) is 3.97. The highest BCUT2D eigenvalue weighted by atomic mass is 16.1. The highest BCUT2D eigenvalue weighted by Crippen LogP contribution is 2.46. The van der Waals surface area contributed by atoms with Crippen molar-refractivity contribution in [1.82, 2.24) is 20.2 Å². The van der Waals surface area contributed by atoms with Crippen LogP contribution < -0.4 is 5.32 Å². The van der Waals surface area contributed by atoms with E-state index in [1.807, 2.05) is 4.68 Å². The van der Waals surface area contributed by atoms with E-state index in [0.717, 1.165) is 36.0 Å². The normalized spacial score (nSPS) is 17.9. The van der Waals surface area contributed by atoms with Crippen LogP contribution in [0.15, 0.2) is 84.6 Å². The number of hydrogen-bond acceptors (Lipinski definition) is 5. The molecule has 184 valence electrons. The number of tetrazole rings is 1. The molecule has 2 heterocycles. The number of hydrogen-bond donors (Lipinski definition) is 1. The molecule has 1 aromatic heterocycles. The average Bonchev–Trinajstić information content (AvgIpc) is 3.43. The van der Waals surface area contributed by atoms with Crippen LogP contribution in [-0.2, 0) is 24.1 Å². The monoisotopic (exact) mass is 495 g/mol. The van der Waals surface area contributed by atoms with Gasteiger partial charge in [0, 0.05) is 24.1 Å². The second-order valence-corrected chi connectivity index (χ2v) is 10.5. The molecule has 6 nitrogen and oxygen atoms in total. The number of aromatic nitrogens is 4. The van der Waals surface area contributed by atoms with Crippen LogP contribution in [0.1, 0.15) is 46.7 Å². The molecule has 6 heteroatoms. The van der Waals surface area contributed by atoms with E-state index in [4.69, 9.17) is 0 Å².